The molecule has 2 rings (SSSR count). The molecule has 0 heterocycles. The van der Waals surface area contributed by atoms with Gasteiger partial charge in [0, 0.05) is 6.26 Å². The summed E-state index contributed by atoms with van der Waals surface area (Å²) < 4.78 is 28.2. The molecule has 0 aromatic heterocycles. The number of carbonyl (C=O) groups excluding carboxylic acids is 1. The van der Waals surface area contributed by atoms with Crippen LogP contribution in [-0.4, -0.2) is 32.7 Å². The molecule has 1 fully saturated rings. The monoisotopic (exact) mass is 322 g/mol. The van der Waals surface area contributed by atoms with Crippen LogP contribution in [0.2, 0.25) is 0 Å². The molecule has 1 aliphatic rings. The van der Waals surface area contributed by atoms with Gasteiger partial charge in [0.15, 0.2) is 16.4 Å². The molecule has 0 saturated heterocycles. The fourth-order valence-electron chi connectivity index (χ4n) is 2.15. The molecule has 0 spiro atoms. The molecule has 118 valence electrons. The van der Waals surface area contributed by atoms with Crippen molar-refractivity contribution < 1.29 is 17.9 Å². The first kappa shape index (κ1) is 16.3. The molecule has 1 aromatic rings. The molecular weight excluding hydrogens is 304 g/mol. The molecule has 1 saturated carbocycles. The number of nitrogens with one attached hydrogen (secondary N) is 1. The van der Waals surface area contributed by atoms with Crippen LogP contribution in [0.3, 0.4) is 0 Å². The third-order valence-electron chi connectivity index (χ3n) is 3.63. The Balaban J connectivity index is 1.96. The lowest BCUT2D eigenvalue weighted by molar-refractivity contribution is -0.124. The third kappa shape index (κ3) is 3.98. The van der Waals surface area contributed by atoms with Crippen molar-refractivity contribution in [2.45, 2.75) is 30.2 Å². The van der Waals surface area contributed by atoms with Gasteiger partial charge in [-0.1, -0.05) is 6.07 Å². The van der Waals surface area contributed by atoms with E-state index in [1.54, 1.807) is 19.1 Å². The highest BCUT2D eigenvalue weighted by molar-refractivity contribution is 7.90. The van der Waals surface area contributed by atoms with Gasteiger partial charge in [0.1, 0.15) is 11.3 Å². The van der Waals surface area contributed by atoms with Gasteiger partial charge in [0.05, 0.1) is 11.0 Å². The van der Waals surface area contributed by atoms with Crippen molar-refractivity contribution in [1.82, 2.24) is 5.32 Å². The van der Waals surface area contributed by atoms with E-state index in [9.17, 15) is 18.5 Å². The van der Waals surface area contributed by atoms with E-state index in [4.69, 9.17) is 4.74 Å². The fraction of sp³-hybridized carbons (Fsp3) is 0.467. The molecule has 1 N–H and O–H groups in total. The summed E-state index contributed by atoms with van der Waals surface area (Å²) in [5.41, 5.74) is -0.866. The molecule has 6 nitrogen and oxygen atoms in total. The molecule has 0 bridgehead atoms. The Labute approximate surface area is 130 Å². The van der Waals surface area contributed by atoms with Crippen LogP contribution >= 0.6 is 0 Å². The lowest BCUT2D eigenvalue weighted by Crippen LogP contribution is -2.48. The molecule has 1 amide bonds. The van der Waals surface area contributed by atoms with Crippen molar-refractivity contribution in [2.24, 2.45) is 5.92 Å². The minimum Gasteiger partial charge on any atom is -0.484 e. The van der Waals surface area contributed by atoms with E-state index in [-0.39, 0.29) is 17.4 Å². The summed E-state index contributed by atoms with van der Waals surface area (Å²) in [6.45, 7) is 1.43. The lowest BCUT2D eigenvalue weighted by atomic mass is 9.98. The first-order valence-corrected chi connectivity index (χ1v) is 8.79. The van der Waals surface area contributed by atoms with Gasteiger partial charge in [-0.3, -0.25) is 4.79 Å². The van der Waals surface area contributed by atoms with Crippen molar-refractivity contribution in [3.05, 3.63) is 24.3 Å². The van der Waals surface area contributed by atoms with Crippen molar-refractivity contribution in [3.8, 4) is 11.8 Å². The number of ether oxygens (including phenoxy) is 1. The van der Waals surface area contributed by atoms with E-state index in [0.29, 0.717) is 5.75 Å². The van der Waals surface area contributed by atoms with Gasteiger partial charge in [-0.25, -0.2) is 8.42 Å². The summed E-state index contributed by atoms with van der Waals surface area (Å²) in [5.74, 6) is 0.0823. The normalized spacial score (nSPS) is 17.1. The SMILES string of the molecule is C[C@@](C#N)(NC(=O)COc1cccc(S(C)(=O)=O)c1)C1CC1. The average molecular weight is 322 g/mol. The summed E-state index contributed by atoms with van der Waals surface area (Å²) >= 11 is 0. The van der Waals surface area contributed by atoms with E-state index in [1.807, 2.05) is 0 Å². The Morgan fingerprint density at radius 2 is 2.18 bits per heavy atom. The average Bonchev–Trinajstić information content (AvgIpc) is 3.29. The summed E-state index contributed by atoms with van der Waals surface area (Å²) in [5, 5.41) is 11.9. The van der Waals surface area contributed by atoms with E-state index in [2.05, 4.69) is 11.4 Å². The molecule has 0 radical (unpaired) electrons. The second-order valence-electron chi connectivity index (χ2n) is 5.67. The second-order valence-corrected chi connectivity index (χ2v) is 7.69. The van der Waals surface area contributed by atoms with E-state index in [0.717, 1.165) is 19.1 Å². The Bertz CT molecular complexity index is 719. The zero-order chi connectivity index (χ0) is 16.4. The molecule has 1 aromatic carbocycles. The van der Waals surface area contributed by atoms with Crippen molar-refractivity contribution in [2.75, 3.05) is 12.9 Å². The van der Waals surface area contributed by atoms with Crippen molar-refractivity contribution >= 4 is 15.7 Å². The molecule has 1 aliphatic carbocycles. The van der Waals surface area contributed by atoms with Gasteiger partial charge in [0.2, 0.25) is 0 Å². The minimum atomic E-state index is -3.32. The Morgan fingerprint density at radius 3 is 2.73 bits per heavy atom. The van der Waals surface area contributed by atoms with Crippen molar-refractivity contribution in [3.63, 3.8) is 0 Å². The van der Waals surface area contributed by atoms with Crippen LogP contribution in [0.5, 0.6) is 5.75 Å². The minimum absolute atomic E-state index is 0.130. The Morgan fingerprint density at radius 1 is 1.50 bits per heavy atom. The topological polar surface area (TPSA) is 96.3 Å². The number of nitriles is 1. The fourth-order valence-corrected chi connectivity index (χ4v) is 2.81. The number of hydrogen-bond acceptors (Lipinski definition) is 5. The molecule has 1 atom stereocenters. The predicted octanol–water partition coefficient (Wildman–Crippen LogP) is 1.28. The van der Waals surface area contributed by atoms with Gasteiger partial charge >= 0.3 is 0 Å². The van der Waals surface area contributed by atoms with Gasteiger partial charge < -0.3 is 10.1 Å². The first-order chi connectivity index (χ1) is 10.2. The summed E-state index contributed by atoms with van der Waals surface area (Å²) in [6, 6.07) is 8.08. The van der Waals surface area contributed by atoms with Gasteiger partial charge in [0.25, 0.3) is 5.91 Å². The van der Waals surface area contributed by atoms with Crippen LogP contribution < -0.4 is 10.1 Å². The van der Waals surface area contributed by atoms with Gasteiger partial charge in [-0.15, -0.1) is 0 Å². The number of sulfone groups is 1. The highest BCUT2D eigenvalue weighted by atomic mass is 32.2. The van der Waals surface area contributed by atoms with Crippen LogP contribution in [-0.2, 0) is 14.6 Å². The molecule has 0 aliphatic heterocycles. The van der Waals surface area contributed by atoms with Crippen LogP contribution in [0, 0.1) is 17.2 Å². The highest BCUT2D eigenvalue weighted by Crippen LogP contribution is 2.39. The summed E-state index contributed by atoms with van der Waals surface area (Å²) in [4.78, 5) is 12.0. The number of nitrogens with zero attached hydrogens (tertiary/aromatic N) is 1. The number of rotatable bonds is 6. The standard InChI is InChI=1S/C15H18N2O4S/c1-15(10-16,11-6-7-11)17-14(18)9-21-12-4-3-5-13(8-12)22(2,19)20/h3-5,8,11H,6-7,9H2,1-2H3,(H,17,18)/t15-/m0/s1. The number of amides is 1. The number of carbonyl (C=O) groups is 1. The maximum absolute atomic E-state index is 11.9. The van der Waals surface area contributed by atoms with Gasteiger partial charge in [-0.2, -0.15) is 5.26 Å². The Kier molecular flexibility index (Phi) is 4.42. The highest BCUT2D eigenvalue weighted by Gasteiger charge is 2.43. The first-order valence-electron chi connectivity index (χ1n) is 6.90. The van der Waals surface area contributed by atoms with E-state index in [1.165, 1.54) is 12.1 Å². The smallest absolute Gasteiger partial charge is 0.259 e. The van der Waals surface area contributed by atoms with Crippen LogP contribution in [0.1, 0.15) is 19.8 Å². The van der Waals surface area contributed by atoms with E-state index < -0.39 is 21.3 Å². The zero-order valence-electron chi connectivity index (χ0n) is 12.5. The molecule has 7 heteroatoms. The number of benzene rings is 1. The third-order valence-corrected chi connectivity index (χ3v) is 4.74. The second kappa shape index (κ2) is 5.97. The largest absolute Gasteiger partial charge is 0.484 e. The van der Waals surface area contributed by atoms with Crippen LogP contribution in [0.15, 0.2) is 29.2 Å². The number of hydrogen-bond donors (Lipinski definition) is 1. The summed E-state index contributed by atoms with van der Waals surface area (Å²) in [6.07, 6.45) is 2.97. The molecule has 22 heavy (non-hydrogen) atoms. The maximum Gasteiger partial charge on any atom is 0.259 e. The van der Waals surface area contributed by atoms with E-state index >= 15 is 0 Å². The quantitative estimate of drug-likeness (QED) is 0.851. The summed E-state index contributed by atoms with van der Waals surface area (Å²) in [7, 11) is -3.32. The maximum atomic E-state index is 11.9. The van der Waals surface area contributed by atoms with Crippen molar-refractivity contribution in [1.29, 1.82) is 5.26 Å². The van der Waals surface area contributed by atoms with Gasteiger partial charge in [-0.05, 0) is 43.9 Å². The zero-order valence-corrected chi connectivity index (χ0v) is 13.3. The molecular formula is C15H18N2O4S. The van der Waals surface area contributed by atoms with Crippen LogP contribution in [0.25, 0.3) is 0 Å². The predicted molar refractivity (Wildman–Crippen MR) is 79.9 cm³/mol. The lowest BCUT2D eigenvalue weighted by Gasteiger charge is -2.22. The Hall–Kier alpha value is -2.07. The van der Waals surface area contributed by atoms with Crippen LogP contribution in [0.4, 0.5) is 0 Å². The molecule has 0 unspecified atom stereocenters.